The SMILES string of the molecule is CC(C)(C)OC(=O)N1CCN2CC(c3ccc4c(c3)CCOC4=O)OCC2C1. The number of benzene rings is 1. The third-order valence-corrected chi connectivity index (χ3v) is 5.47. The maximum absolute atomic E-state index is 12.3. The molecule has 1 amide bonds. The summed E-state index contributed by atoms with van der Waals surface area (Å²) in [5.41, 5.74) is 2.31. The molecular formula is C21H28N2O5. The number of cyclic esters (lactones) is 1. The number of rotatable bonds is 1. The molecule has 0 aliphatic carbocycles. The van der Waals surface area contributed by atoms with Gasteiger partial charge in [0.1, 0.15) is 5.60 Å². The maximum Gasteiger partial charge on any atom is 0.410 e. The van der Waals surface area contributed by atoms with E-state index in [2.05, 4.69) is 11.0 Å². The summed E-state index contributed by atoms with van der Waals surface area (Å²) in [6.07, 6.45) is 0.474. The quantitative estimate of drug-likeness (QED) is 0.688. The van der Waals surface area contributed by atoms with Gasteiger partial charge in [0.15, 0.2) is 0 Å². The highest BCUT2D eigenvalue weighted by molar-refractivity contribution is 5.92. The Kier molecular flexibility index (Phi) is 5.05. The van der Waals surface area contributed by atoms with Crippen LogP contribution < -0.4 is 0 Å². The fourth-order valence-electron chi connectivity index (χ4n) is 4.03. The molecule has 28 heavy (non-hydrogen) atoms. The van der Waals surface area contributed by atoms with Crippen LogP contribution in [0.25, 0.3) is 0 Å². The Morgan fingerprint density at radius 2 is 2.04 bits per heavy atom. The lowest BCUT2D eigenvalue weighted by Gasteiger charge is -2.46. The van der Waals surface area contributed by atoms with Crippen molar-refractivity contribution in [3.8, 4) is 0 Å². The number of ether oxygens (including phenoxy) is 3. The molecule has 3 aliphatic rings. The van der Waals surface area contributed by atoms with E-state index in [0.29, 0.717) is 31.9 Å². The normalized spacial score (nSPS) is 25.5. The molecular weight excluding hydrogens is 360 g/mol. The number of fused-ring (bicyclic) bond motifs is 2. The van der Waals surface area contributed by atoms with Crippen LogP contribution >= 0.6 is 0 Å². The third-order valence-electron chi connectivity index (χ3n) is 5.47. The van der Waals surface area contributed by atoms with Gasteiger partial charge in [-0.15, -0.1) is 0 Å². The van der Waals surface area contributed by atoms with Crippen molar-refractivity contribution in [2.75, 3.05) is 39.4 Å². The lowest BCUT2D eigenvalue weighted by Crippen LogP contribution is -2.60. The van der Waals surface area contributed by atoms with E-state index in [1.54, 1.807) is 4.90 Å². The first kappa shape index (κ1) is 19.2. The molecule has 0 aromatic heterocycles. The van der Waals surface area contributed by atoms with Crippen LogP contribution in [0.2, 0.25) is 0 Å². The number of carbonyl (C=O) groups is 2. The van der Waals surface area contributed by atoms with Crippen molar-refractivity contribution in [1.82, 2.24) is 9.80 Å². The molecule has 2 unspecified atom stereocenters. The summed E-state index contributed by atoms with van der Waals surface area (Å²) in [5, 5.41) is 0. The summed E-state index contributed by atoms with van der Waals surface area (Å²) in [7, 11) is 0. The van der Waals surface area contributed by atoms with Gasteiger partial charge in [0, 0.05) is 32.6 Å². The fourth-order valence-corrected chi connectivity index (χ4v) is 4.03. The summed E-state index contributed by atoms with van der Waals surface area (Å²) in [4.78, 5) is 28.3. The molecule has 0 spiro atoms. The minimum absolute atomic E-state index is 0.0208. The van der Waals surface area contributed by atoms with Gasteiger partial charge in [-0.2, -0.15) is 0 Å². The topological polar surface area (TPSA) is 68.3 Å². The van der Waals surface area contributed by atoms with Gasteiger partial charge in [0.05, 0.1) is 30.9 Å². The van der Waals surface area contributed by atoms with E-state index in [-0.39, 0.29) is 24.2 Å². The number of amides is 1. The largest absolute Gasteiger partial charge is 0.462 e. The van der Waals surface area contributed by atoms with Crippen molar-refractivity contribution in [3.63, 3.8) is 0 Å². The maximum atomic E-state index is 12.3. The Morgan fingerprint density at radius 3 is 2.82 bits per heavy atom. The average Bonchev–Trinajstić information content (AvgIpc) is 2.66. The van der Waals surface area contributed by atoms with Crippen molar-refractivity contribution in [1.29, 1.82) is 0 Å². The standard InChI is InChI=1S/C21H28N2O5/c1-21(2,3)28-20(25)23-8-7-22-12-18(27-13-16(22)11-23)15-4-5-17-14(10-15)6-9-26-19(17)24/h4-5,10,16,18H,6-9,11-13H2,1-3H3. The molecule has 1 aromatic rings. The summed E-state index contributed by atoms with van der Waals surface area (Å²) in [6, 6.07) is 6.08. The second-order valence-electron chi connectivity index (χ2n) is 8.70. The molecule has 3 aliphatic heterocycles. The minimum atomic E-state index is -0.485. The number of carbonyl (C=O) groups excluding carboxylic acids is 2. The molecule has 0 saturated carbocycles. The zero-order valence-electron chi connectivity index (χ0n) is 16.8. The van der Waals surface area contributed by atoms with Gasteiger partial charge in [-0.25, -0.2) is 9.59 Å². The van der Waals surface area contributed by atoms with E-state index in [9.17, 15) is 9.59 Å². The first-order valence-electron chi connectivity index (χ1n) is 9.94. The van der Waals surface area contributed by atoms with Crippen molar-refractivity contribution < 1.29 is 23.8 Å². The predicted molar refractivity (Wildman–Crippen MR) is 102 cm³/mol. The molecule has 4 rings (SSSR count). The molecule has 7 nitrogen and oxygen atoms in total. The van der Waals surface area contributed by atoms with Crippen LogP contribution in [0.5, 0.6) is 0 Å². The number of piperazine rings is 1. The van der Waals surface area contributed by atoms with Gasteiger partial charge in [-0.1, -0.05) is 12.1 Å². The van der Waals surface area contributed by atoms with Crippen LogP contribution in [0.15, 0.2) is 18.2 Å². The zero-order chi connectivity index (χ0) is 19.9. The molecule has 1 aromatic carbocycles. The van der Waals surface area contributed by atoms with E-state index in [1.165, 1.54) is 0 Å². The first-order chi connectivity index (χ1) is 13.3. The van der Waals surface area contributed by atoms with Crippen molar-refractivity contribution >= 4 is 12.1 Å². The Bertz CT molecular complexity index is 773. The van der Waals surface area contributed by atoms with Crippen LogP contribution in [0.1, 0.15) is 48.4 Å². The lowest BCUT2D eigenvalue weighted by molar-refractivity contribution is -0.0906. The summed E-state index contributed by atoms with van der Waals surface area (Å²) in [6.45, 7) is 9.54. The summed E-state index contributed by atoms with van der Waals surface area (Å²) >= 11 is 0. The number of nitrogens with zero attached hydrogens (tertiary/aromatic N) is 2. The molecule has 3 heterocycles. The van der Waals surface area contributed by atoms with E-state index < -0.39 is 5.60 Å². The molecule has 2 saturated heterocycles. The van der Waals surface area contributed by atoms with Crippen LogP contribution in [0.3, 0.4) is 0 Å². The molecule has 152 valence electrons. The molecule has 0 bridgehead atoms. The smallest absolute Gasteiger partial charge is 0.410 e. The van der Waals surface area contributed by atoms with Crippen molar-refractivity contribution in [3.05, 3.63) is 34.9 Å². The summed E-state index contributed by atoms with van der Waals surface area (Å²) in [5.74, 6) is -0.240. The Labute approximate surface area is 165 Å². The van der Waals surface area contributed by atoms with Gasteiger partial charge in [0.25, 0.3) is 0 Å². The molecule has 7 heteroatoms. The monoisotopic (exact) mass is 388 g/mol. The van der Waals surface area contributed by atoms with Crippen LogP contribution in [-0.4, -0.2) is 72.9 Å². The molecule has 0 radical (unpaired) electrons. The molecule has 0 N–H and O–H groups in total. The van der Waals surface area contributed by atoms with Gasteiger partial charge >= 0.3 is 12.1 Å². The van der Waals surface area contributed by atoms with Gasteiger partial charge in [-0.05, 0) is 38.0 Å². The number of hydrogen-bond donors (Lipinski definition) is 0. The highest BCUT2D eigenvalue weighted by Crippen LogP contribution is 2.29. The van der Waals surface area contributed by atoms with E-state index in [0.717, 1.165) is 30.6 Å². The highest BCUT2D eigenvalue weighted by Gasteiger charge is 2.37. The van der Waals surface area contributed by atoms with E-state index in [4.69, 9.17) is 14.2 Å². The lowest BCUT2D eigenvalue weighted by atomic mass is 9.96. The van der Waals surface area contributed by atoms with Gasteiger partial charge in [0.2, 0.25) is 0 Å². The Balaban J connectivity index is 1.39. The van der Waals surface area contributed by atoms with Crippen molar-refractivity contribution in [2.24, 2.45) is 0 Å². The Morgan fingerprint density at radius 1 is 1.21 bits per heavy atom. The molecule has 2 atom stereocenters. The fraction of sp³-hybridized carbons (Fsp3) is 0.619. The van der Waals surface area contributed by atoms with Gasteiger partial charge in [-0.3, -0.25) is 4.90 Å². The van der Waals surface area contributed by atoms with Crippen molar-refractivity contribution in [2.45, 2.75) is 44.9 Å². The van der Waals surface area contributed by atoms with Gasteiger partial charge < -0.3 is 19.1 Å². The highest BCUT2D eigenvalue weighted by atomic mass is 16.6. The minimum Gasteiger partial charge on any atom is -0.462 e. The summed E-state index contributed by atoms with van der Waals surface area (Å²) < 4.78 is 16.7. The van der Waals surface area contributed by atoms with Crippen LogP contribution in [0, 0.1) is 0 Å². The van der Waals surface area contributed by atoms with Crippen LogP contribution in [-0.2, 0) is 20.6 Å². The predicted octanol–water partition coefficient (Wildman–Crippen LogP) is 2.39. The average molecular weight is 388 g/mol. The van der Waals surface area contributed by atoms with Crippen LogP contribution in [0.4, 0.5) is 4.79 Å². The number of morpholine rings is 1. The molecule has 2 fully saturated rings. The second-order valence-corrected chi connectivity index (χ2v) is 8.70. The number of esters is 1. The van der Waals surface area contributed by atoms with E-state index in [1.807, 2.05) is 32.9 Å². The first-order valence-corrected chi connectivity index (χ1v) is 9.94. The zero-order valence-corrected chi connectivity index (χ0v) is 16.8. The van der Waals surface area contributed by atoms with E-state index >= 15 is 0 Å². The Hall–Kier alpha value is -2.12. The third kappa shape index (κ3) is 4.00. The second kappa shape index (κ2) is 7.37. The number of hydrogen-bond acceptors (Lipinski definition) is 6.